The molecule has 0 radical (unpaired) electrons. The van der Waals surface area contributed by atoms with Crippen LogP contribution in [-0.2, 0) is 10.0 Å². The first kappa shape index (κ1) is 13.7. The largest absolute Gasteiger partial charge is 0.506 e. The van der Waals surface area contributed by atoms with Crippen LogP contribution in [0.4, 0.5) is 10.1 Å². The predicted molar refractivity (Wildman–Crippen MR) is 76.3 cm³/mol. The molecule has 1 heterocycles. The molecule has 2 aromatic carbocycles. The molecule has 0 unspecified atom stereocenters. The van der Waals surface area contributed by atoms with Crippen LogP contribution in [0.1, 0.15) is 0 Å². The number of aromatic nitrogens is 2. The van der Waals surface area contributed by atoms with E-state index >= 15 is 0 Å². The Balaban J connectivity index is 2.09. The molecular weight excluding hydrogens is 317 g/mol. The van der Waals surface area contributed by atoms with Gasteiger partial charge in [0.25, 0.3) is 10.0 Å². The van der Waals surface area contributed by atoms with E-state index in [4.69, 9.17) is 0 Å². The number of nitrogens with one attached hydrogen (secondary N) is 1. The Morgan fingerprint density at radius 1 is 1.19 bits per heavy atom. The Kier molecular flexibility index (Phi) is 3.22. The van der Waals surface area contributed by atoms with Gasteiger partial charge in [-0.1, -0.05) is 6.07 Å². The van der Waals surface area contributed by atoms with Crippen LogP contribution < -0.4 is 4.72 Å². The van der Waals surface area contributed by atoms with Crippen molar-refractivity contribution in [3.05, 3.63) is 42.2 Å². The van der Waals surface area contributed by atoms with Gasteiger partial charge in [-0.3, -0.25) is 4.72 Å². The van der Waals surface area contributed by atoms with Crippen molar-refractivity contribution in [3.8, 4) is 5.75 Å². The van der Waals surface area contributed by atoms with E-state index in [1.165, 1.54) is 12.1 Å². The summed E-state index contributed by atoms with van der Waals surface area (Å²) in [7, 11) is -4.02. The summed E-state index contributed by atoms with van der Waals surface area (Å²) in [5.41, 5.74) is 0.437. The Morgan fingerprint density at radius 3 is 2.81 bits per heavy atom. The topological polar surface area (TPSA) is 92.2 Å². The second-order valence-electron chi connectivity index (χ2n) is 4.16. The number of rotatable bonds is 3. The highest BCUT2D eigenvalue weighted by atomic mass is 32.2. The van der Waals surface area contributed by atoms with Crippen molar-refractivity contribution in [1.29, 1.82) is 0 Å². The molecule has 0 aliphatic heterocycles. The molecule has 3 rings (SSSR count). The second-order valence-corrected chi connectivity index (χ2v) is 6.33. The van der Waals surface area contributed by atoms with E-state index in [0.29, 0.717) is 5.52 Å². The number of sulfonamides is 1. The van der Waals surface area contributed by atoms with E-state index in [1.54, 1.807) is 6.07 Å². The molecule has 9 heteroatoms. The van der Waals surface area contributed by atoms with Gasteiger partial charge >= 0.3 is 0 Å². The number of hydrogen-bond donors (Lipinski definition) is 2. The molecule has 6 nitrogen and oxygen atoms in total. The fourth-order valence-electron chi connectivity index (χ4n) is 1.79. The van der Waals surface area contributed by atoms with Gasteiger partial charge in [0.2, 0.25) is 0 Å². The Hall–Kier alpha value is -2.26. The fraction of sp³-hybridized carbons (Fsp3) is 0. The number of anilines is 1. The Morgan fingerprint density at radius 2 is 2.00 bits per heavy atom. The standard InChI is InChI=1S/C12H8FN3O3S2/c13-7-4-5-10(17)9(6-7)16-21(18,19)11-3-1-2-8-12(11)15-20-14-8/h1-6,16-17H. The quantitative estimate of drug-likeness (QED) is 0.721. The molecule has 0 saturated carbocycles. The molecule has 0 saturated heterocycles. The molecule has 3 aromatic rings. The van der Waals surface area contributed by atoms with Gasteiger partial charge < -0.3 is 5.11 Å². The van der Waals surface area contributed by atoms with Crippen LogP contribution >= 0.6 is 11.7 Å². The van der Waals surface area contributed by atoms with Crippen molar-refractivity contribution in [2.45, 2.75) is 4.90 Å². The summed E-state index contributed by atoms with van der Waals surface area (Å²) < 4.78 is 47.9. The smallest absolute Gasteiger partial charge is 0.264 e. The summed E-state index contributed by atoms with van der Waals surface area (Å²) in [6.45, 7) is 0. The van der Waals surface area contributed by atoms with Crippen LogP contribution in [0.2, 0.25) is 0 Å². The van der Waals surface area contributed by atoms with Gasteiger partial charge in [-0.25, -0.2) is 12.8 Å². The lowest BCUT2D eigenvalue weighted by atomic mass is 10.3. The third-order valence-electron chi connectivity index (χ3n) is 2.74. The third-order valence-corrected chi connectivity index (χ3v) is 4.68. The molecule has 0 amide bonds. The number of halogens is 1. The number of fused-ring (bicyclic) bond motifs is 1. The average molecular weight is 325 g/mol. The fourth-order valence-corrected chi connectivity index (χ4v) is 3.62. The zero-order valence-electron chi connectivity index (χ0n) is 10.3. The minimum atomic E-state index is -4.02. The van der Waals surface area contributed by atoms with E-state index in [2.05, 4.69) is 13.5 Å². The van der Waals surface area contributed by atoms with Gasteiger partial charge in [0.15, 0.2) is 0 Å². The number of aromatic hydroxyl groups is 1. The van der Waals surface area contributed by atoms with Gasteiger partial charge in [0.05, 0.1) is 17.4 Å². The number of nitrogens with zero attached hydrogens (tertiary/aromatic N) is 2. The maximum absolute atomic E-state index is 13.2. The van der Waals surface area contributed by atoms with Gasteiger partial charge in [0.1, 0.15) is 27.5 Å². The minimum absolute atomic E-state index is 0.0857. The average Bonchev–Trinajstić information content (AvgIpc) is 2.90. The van der Waals surface area contributed by atoms with Crippen LogP contribution in [0.25, 0.3) is 11.0 Å². The van der Waals surface area contributed by atoms with E-state index in [1.807, 2.05) is 0 Å². The number of hydrogen-bond acceptors (Lipinski definition) is 6. The summed E-state index contributed by atoms with van der Waals surface area (Å²) in [5.74, 6) is -1.04. The first-order valence-electron chi connectivity index (χ1n) is 5.70. The molecule has 2 N–H and O–H groups in total. The van der Waals surface area contributed by atoms with Crippen molar-refractivity contribution in [1.82, 2.24) is 8.75 Å². The van der Waals surface area contributed by atoms with E-state index in [9.17, 15) is 17.9 Å². The molecule has 21 heavy (non-hydrogen) atoms. The zero-order chi connectivity index (χ0) is 15.0. The molecule has 0 spiro atoms. The van der Waals surface area contributed by atoms with Crippen LogP contribution in [0.5, 0.6) is 5.75 Å². The zero-order valence-corrected chi connectivity index (χ0v) is 11.9. The van der Waals surface area contributed by atoms with Crippen LogP contribution in [-0.4, -0.2) is 22.3 Å². The van der Waals surface area contributed by atoms with Crippen LogP contribution in [0.15, 0.2) is 41.3 Å². The van der Waals surface area contributed by atoms with Crippen molar-refractivity contribution < 1.29 is 17.9 Å². The molecule has 0 fully saturated rings. The number of phenolic OH excluding ortho intramolecular Hbond substituents is 1. The highest BCUT2D eigenvalue weighted by Gasteiger charge is 2.21. The third kappa shape index (κ3) is 2.52. The molecule has 108 valence electrons. The Bertz CT molecular complexity index is 924. The number of phenols is 1. The molecule has 0 atom stereocenters. The van der Waals surface area contributed by atoms with Gasteiger partial charge in [-0.05, 0) is 24.3 Å². The maximum atomic E-state index is 13.2. The van der Waals surface area contributed by atoms with Crippen molar-refractivity contribution in [2.75, 3.05) is 4.72 Å². The van der Waals surface area contributed by atoms with Gasteiger partial charge in [0, 0.05) is 6.07 Å². The first-order chi connectivity index (χ1) is 9.97. The molecular formula is C12H8FN3O3S2. The highest BCUT2D eigenvalue weighted by Crippen LogP contribution is 2.28. The van der Waals surface area contributed by atoms with E-state index < -0.39 is 15.8 Å². The minimum Gasteiger partial charge on any atom is -0.506 e. The SMILES string of the molecule is O=S(=O)(Nc1cc(F)ccc1O)c1cccc2nsnc12. The molecule has 0 aliphatic rings. The number of benzene rings is 2. The summed E-state index contributed by atoms with van der Waals surface area (Å²) in [6, 6.07) is 7.52. The van der Waals surface area contributed by atoms with E-state index in [-0.39, 0.29) is 21.8 Å². The first-order valence-corrected chi connectivity index (χ1v) is 7.91. The summed E-state index contributed by atoms with van der Waals surface area (Å²) in [6.07, 6.45) is 0. The van der Waals surface area contributed by atoms with Crippen molar-refractivity contribution in [2.24, 2.45) is 0 Å². The van der Waals surface area contributed by atoms with Gasteiger partial charge in [-0.2, -0.15) is 8.75 Å². The summed E-state index contributed by atoms with van der Waals surface area (Å²) >= 11 is 0.893. The lowest BCUT2D eigenvalue weighted by Gasteiger charge is -2.09. The van der Waals surface area contributed by atoms with E-state index in [0.717, 1.165) is 29.9 Å². The summed E-state index contributed by atoms with van der Waals surface area (Å²) in [5, 5.41) is 9.60. The molecule has 0 aliphatic carbocycles. The lowest BCUT2D eigenvalue weighted by molar-refractivity contribution is 0.475. The highest BCUT2D eigenvalue weighted by molar-refractivity contribution is 7.93. The molecule has 0 bridgehead atoms. The predicted octanol–water partition coefficient (Wildman–Crippen LogP) is 2.34. The lowest BCUT2D eigenvalue weighted by Crippen LogP contribution is -2.13. The normalized spacial score (nSPS) is 11.7. The van der Waals surface area contributed by atoms with Gasteiger partial charge in [-0.15, -0.1) is 0 Å². The van der Waals surface area contributed by atoms with Crippen LogP contribution in [0, 0.1) is 5.82 Å². The monoisotopic (exact) mass is 325 g/mol. The maximum Gasteiger partial charge on any atom is 0.264 e. The Labute approximate surface area is 123 Å². The van der Waals surface area contributed by atoms with Crippen molar-refractivity contribution in [3.63, 3.8) is 0 Å². The van der Waals surface area contributed by atoms with Crippen LogP contribution in [0.3, 0.4) is 0 Å². The second kappa shape index (κ2) is 4.93. The van der Waals surface area contributed by atoms with Crippen molar-refractivity contribution >= 4 is 38.5 Å². The molecule has 1 aromatic heterocycles. The summed E-state index contributed by atoms with van der Waals surface area (Å²) in [4.78, 5) is -0.0857.